The van der Waals surface area contributed by atoms with Crippen LogP contribution in [0.3, 0.4) is 0 Å². The molecule has 0 saturated carbocycles. The number of hydrogen-bond donors (Lipinski definition) is 0. The highest BCUT2D eigenvalue weighted by Crippen LogP contribution is 2.37. The van der Waals surface area contributed by atoms with E-state index in [0.717, 1.165) is 17.8 Å². The van der Waals surface area contributed by atoms with E-state index in [2.05, 4.69) is 46.4 Å². The van der Waals surface area contributed by atoms with Crippen molar-refractivity contribution in [1.82, 2.24) is 0 Å². The molecule has 0 spiro atoms. The Hall–Kier alpha value is -0.520. The summed E-state index contributed by atoms with van der Waals surface area (Å²) in [6.45, 7) is 13.3. The molecule has 4 unspecified atom stereocenters. The SMILES string of the molecule is C=CC1=CC(C(C)CC)CC(C)C1C. The van der Waals surface area contributed by atoms with Crippen LogP contribution in [0.25, 0.3) is 0 Å². The standard InChI is InChI=1S/C14H24/c1-6-10(3)14-8-11(4)12(5)13(7-2)9-14/h7,9-12,14H,2,6,8H2,1,3-5H3. The van der Waals surface area contributed by atoms with Crippen LogP contribution in [0.1, 0.15) is 40.5 Å². The minimum atomic E-state index is 0.702. The van der Waals surface area contributed by atoms with Crippen molar-refractivity contribution >= 4 is 0 Å². The van der Waals surface area contributed by atoms with Gasteiger partial charge in [0.15, 0.2) is 0 Å². The molecule has 0 radical (unpaired) electrons. The van der Waals surface area contributed by atoms with Gasteiger partial charge in [0.2, 0.25) is 0 Å². The minimum Gasteiger partial charge on any atom is -0.0988 e. The molecule has 0 amide bonds. The first-order valence-electron chi connectivity index (χ1n) is 5.94. The lowest BCUT2D eigenvalue weighted by Crippen LogP contribution is -2.23. The van der Waals surface area contributed by atoms with Crippen LogP contribution >= 0.6 is 0 Å². The Labute approximate surface area is 89.1 Å². The van der Waals surface area contributed by atoms with Crippen molar-refractivity contribution < 1.29 is 0 Å². The lowest BCUT2D eigenvalue weighted by Gasteiger charge is -2.33. The van der Waals surface area contributed by atoms with Crippen molar-refractivity contribution in [2.75, 3.05) is 0 Å². The van der Waals surface area contributed by atoms with Gasteiger partial charge in [-0.15, -0.1) is 0 Å². The Morgan fingerprint density at radius 3 is 2.71 bits per heavy atom. The van der Waals surface area contributed by atoms with E-state index >= 15 is 0 Å². The van der Waals surface area contributed by atoms with Crippen molar-refractivity contribution in [3.8, 4) is 0 Å². The number of rotatable bonds is 3. The Kier molecular flexibility index (Phi) is 3.97. The smallest absolute Gasteiger partial charge is 0.0168 e. The van der Waals surface area contributed by atoms with Crippen LogP contribution in [-0.4, -0.2) is 0 Å². The molecule has 0 heterocycles. The Bertz CT molecular complexity index is 224. The Balaban J connectivity index is 2.82. The summed E-state index contributed by atoms with van der Waals surface area (Å²) in [6.07, 6.45) is 7.15. The summed E-state index contributed by atoms with van der Waals surface area (Å²) in [5.74, 6) is 3.11. The van der Waals surface area contributed by atoms with Crippen molar-refractivity contribution in [3.05, 3.63) is 24.3 Å². The zero-order valence-corrected chi connectivity index (χ0v) is 10.1. The van der Waals surface area contributed by atoms with Gasteiger partial charge in [-0.05, 0) is 35.7 Å². The molecule has 0 aromatic heterocycles. The minimum absolute atomic E-state index is 0.702. The third-order valence-corrected chi connectivity index (χ3v) is 4.04. The summed E-state index contributed by atoms with van der Waals surface area (Å²) < 4.78 is 0. The van der Waals surface area contributed by atoms with Crippen molar-refractivity contribution in [1.29, 1.82) is 0 Å². The molecule has 1 rings (SSSR count). The molecule has 0 N–H and O–H groups in total. The third-order valence-electron chi connectivity index (χ3n) is 4.04. The fraction of sp³-hybridized carbons (Fsp3) is 0.714. The molecule has 0 aromatic carbocycles. The predicted octanol–water partition coefficient (Wildman–Crippen LogP) is 4.44. The van der Waals surface area contributed by atoms with Crippen LogP contribution in [-0.2, 0) is 0 Å². The van der Waals surface area contributed by atoms with Crippen LogP contribution in [0.2, 0.25) is 0 Å². The van der Waals surface area contributed by atoms with E-state index in [0.29, 0.717) is 5.92 Å². The van der Waals surface area contributed by atoms with Crippen LogP contribution in [0, 0.1) is 23.7 Å². The molecule has 0 fully saturated rings. The molecule has 14 heavy (non-hydrogen) atoms. The van der Waals surface area contributed by atoms with E-state index in [1.165, 1.54) is 18.4 Å². The predicted molar refractivity (Wildman–Crippen MR) is 64.2 cm³/mol. The van der Waals surface area contributed by atoms with Gasteiger partial charge in [0.25, 0.3) is 0 Å². The molecule has 0 nitrogen and oxygen atoms in total. The van der Waals surface area contributed by atoms with Gasteiger partial charge >= 0.3 is 0 Å². The lowest BCUT2D eigenvalue weighted by molar-refractivity contribution is 0.278. The van der Waals surface area contributed by atoms with Gasteiger partial charge in [0, 0.05) is 0 Å². The van der Waals surface area contributed by atoms with Gasteiger partial charge in [0.05, 0.1) is 0 Å². The topological polar surface area (TPSA) is 0 Å². The fourth-order valence-electron chi connectivity index (χ4n) is 2.38. The zero-order valence-electron chi connectivity index (χ0n) is 10.1. The quantitative estimate of drug-likeness (QED) is 0.620. The molecule has 0 heteroatoms. The van der Waals surface area contributed by atoms with Gasteiger partial charge in [-0.25, -0.2) is 0 Å². The van der Waals surface area contributed by atoms with Gasteiger partial charge in [-0.2, -0.15) is 0 Å². The van der Waals surface area contributed by atoms with Crippen molar-refractivity contribution in [2.45, 2.75) is 40.5 Å². The summed E-state index contributed by atoms with van der Waals surface area (Å²) in [7, 11) is 0. The van der Waals surface area contributed by atoms with Crippen molar-refractivity contribution in [2.24, 2.45) is 23.7 Å². The number of allylic oxidation sites excluding steroid dienone is 3. The average molecular weight is 192 g/mol. The summed E-state index contributed by atoms with van der Waals surface area (Å²) in [6, 6.07) is 0. The van der Waals surface area contributed by atoms with Gasteiger partial charge in [0.1, 0.15) is 0 Å². The highest BCUT2D eigenvalue weighted by atomic mass is 14.3. The van der Waals surface area contributed by atoms with E-state index < -0.39 is 0 Å². The van der Waals surface area contributed by atoms with Crippen molar-refractivity contribution in [3.63, 3.8) is 0 Å². The molecule has 1 aliphatic carbocycles. The van der Waals surface area contributed by atoms with Crippen LogP contribution in [0.4, 0.5) is 0 Å². The normalized spacial score (nSPS) is 34.9. The largest absolute Gasteiger partial charge is 0.0988 e. The van der Waals surface area contributed by atoms with Crippen LogP contribution in [0.5, 0.6) is 0 Å². The molecule has 0 bridgehead atoms. The first-order chi connectivity index (χ1) is 6.60. The molecule has 0 saturated heterocycles. The second-order valence-corrected chi connectivity index (χ2v) is 4.92. The van der Waals surface area contributed by atoms with Gasteiger partial charge in [-0.3, -0.25) is 0 Å². The summed E-state index contributed by atoms with van der Waals surface area (Å²) >= 11 is 0. The van der Waals surface area contributed by atoms with Crippen LogP contribution in [0.15, 0.2) is 24.3 Å². The lowest BCUT2D eigenvalue weighted by atomic mass is 9.72. The maximum absolute atomic E-state index is 3.92. The van der Waals surface area contributed by atoms with Gasteiger partial charge < -0.3 is 0 Å². The maximum Gasteiger partial charge on any atom is -0.0168 e. The first-order valence-corrected chi connectivity index (χ1v) is 5.94. The Morgan fingerprint density at radius 2 is 2.21 bits per heavy atom. The maximum atomic E-state index is 3.92. The van der Waals surface area contributed by atoms with Crippen LogP contribution < -0.4 is 0 Å². The highest BCUT2D eigenvalue weighted by molar-refractivity contribution is 5.23. The second kappa shape index (κ2) is 4.82. The second-order valence-electron chi connectivity index (χ2n) is 4.92. The molecule has 4 atom stereocenters. The van der Waals surface area contributed by atoms with E-state index in [4.69, 9.17) is 0 Å². The summed E-state index contributed by atoms with van der Waals surface area (Å²) in [5.41, 5.74) is 1.47. The molecular weight excluding hydrogens is 168 g/mol. The van der Waals surface area contributed by atoms with E-state index in [1.807, 2.05) is 0 Å². The molecular formula is C14H24. The van der Waals surface area contributed by atoms with Gasteiger partial charge in [-0.1, -0.05) is 52.8 Å². The average Bonchev–Trinajstić information content (AvgIpc) is 2.20. The summed E-state index contributed by atoms with van der Waals surface area (Å²) in [5, 5.41) is 0. The number of hydrogen-bond acceptors (Lipinski definition) is 0. The summed E-state index contributed by atoms with van der Waals surface area (Å²) in [4.78, 5) is 0. The third kappa shape index (κ3) is 2.29. The van der Waals surface area contributed by atoms with E-state index in [-0.39, 0.29) is 0 Å². The first kappa shape index (κ1) is 11.6. The monoisotopic (exact) mass is 192 g/mol. The zero-order chi connectivity index (χ0) is 10.7. The Morgan fingerprint density at radius 1 is 1.57 bits per heavy atom. The molecule has 80 valence electrons. The highest BCUT2D eigenvalue weighted by Gasteiger charge is 2.26. The molecule has 0 aromatic rings. The van der Waals surface area contributed by atoms with E-state index in [1.54, 1.807) is 0 Å². The van der Waals surface area contributed by atoms with E-state index in [9.17, 15) is 0 Å². The molecule has 0 aliphatic heterocycles. The molecule has 1 aliphatic rings. The fourth-order valence-corrected chi connectivity index (χ4v) is 2.38.